The van der Waals surface area contributed by atoms with Gasteiger partial charge in [0.25, 0.3) is 0 Å². The van der Waals surface area contributed by atoms with Gasteiger partial charge in [0.2, 0.25) is 0 Å². The van der Waals surface area contributed by atoms with E-state index in [4.69, 9.17) is 16.9 Å². The molecular formula is C12H11ClN2S. The van der Waals surface area contributed by atoms with Gasteiger partial charge in [-0.15, -0.1) is 0 Å². The van der Waals surface area contributed by atoms with Crippen LogP contribution in [0.15, 0.2) is 33.7 Å². The minimum absolute atomic E-state index is 0.698. The van der Waals surface area contributed by atoms with Crippen LogP contribution in [-0.2, 0) is 0 Å². The molecule has 1 N–H and O–H groups in total. The van der Waals surface area contributed by atoms with E-state index in [0.29, 0.717) is 5.02 Å². The first-order valence-corrected chi connectivity index (χ1v) is 6.31. The molecule has 0 amide bonds. The Labute approximate surface area is 104 Å². The van der Waals surface area contributed by atoms with Gasteiger partial charge in [0.15, 0.2) is 0 Å². The molecule has 4 heteroatoms. The molecule has 0 saturated heterocycles. The van der Waals surface area contributed by atoms with Crippen LogP contribution < -0.4 is 5.32 Å². The Bertz CT molecular complexity index is 488. The molecule has 0 aromatic heterocycles. The Kier molecular flexibility index (Phi) is 3.42. The van der Waals surface area contributed by atoms with Crippen LogP contribution in [-0.4, -0.2) is 0 Å². The van der Waals surface area contributed by atoms with E-state index in [1.54, 1.807) is 0 Å². The maximum Gasteiger partial charge on any atom is 0.109 e. The summed E-state index contributed by atoms with van der Waals surface area (Å²) in [6, 6.07) is 7.93. The summed E-state index contributed by atoms with van der Waals surface area (Å²) in [7, 11) is 0. The third-order valence-electron chi connectivity index (χ3n) is 2.32. The number of nitrogens with one attached hydrogen (secondary N) is 1. The highest BCUT2D eigenvalue weighted by atomic mass is 35.5. The molecule has 0 bridgehead atoms. The normalized spacial score (nSPS) is 14.1. The van der Waals surface area contributed by atoms with Crippen LogP contribution in [0.2, 0.25) is 5.02 Å². The second-order valence-electron chi connectivity index (χ2n) is 3.54. The number of hydrogen-bond donors (Lipinski definition) is 1. The minimum Gasteiger partial charge on any atom is -0.356 e. The van der Waals surface area contributed by atoms with Crippen LogP contribution in [0.25, 0.3) is 0 Å². The monoisotopic (exact) mass is 250 g/mol. The summed E-state index contributed by atoms with van der Waals surface area (Å²) in [5.74, 6) is 0. The molecule has 2 nitrogen and oxygen atoms in total. The van der Waals surface area contributed by atoms with Gasteiger partial charge in [-0.1, -0.05) is 36.7 Å². The first-order valence-electron chi connectivity index (χ1n) is 5.12. The summed E-state index contributed by atoms with van der Waals surface area (Å²) in [6.07, 6.45) is 1.93. The molecule has 1 aromatic rings. The van der Waals surface area contributed by atoms with Crippen molar-refractivity contribution >= 4 is 29.1 Å². The number of fused-ring (bicyclic) bond motifs is 1. The standard InChI is InChI=1S/C12H11ClN2S/c1-2-3-9-12(7-14)16-11-6-8(13)4-5-10(11)15-9/h4-6,15H,2-3H2,1H3. The number of halogens is 1. The van der Waals surface area contributed by atoms with Crippen LogP contribution in [0.1, 0.15) is 19.8 Å². The molecular weight excluding hydrogens is 240 g/mol. The first-order chi connectivity index (χ1) is 7.74. The number of rotatable bonds is 2. The van der Waals surface area contributed by atoms with E-state index in [0.717, 1.165) is 34.0 Å². The van der Waals surface area contributed by atoms with Crippen molar-refractivity contribution in [3.8, 4) is 6.07 Å². The molecule has 1 aromatic carbocycles. The van der Waals surface area contributed by atoms with Crippen molar-refractivity contribution in [2.45, 2.75) is 24.7 Å². The number of nitriles is 1. The third kappa shape index (κ3) is 2.18. The summed E-state index contributed by atoms with van der Waals surface area (Å²) in [4.78, 5) is 1.76. The van der Waals surface area contributed by atoms with Crippen molar-refractivity contribution in [1.29, 1.82) is 5.26 Å². The second-order valence-corrected chi connectivity index (χ2v) is 5.03. The quantitative estimate of drug-likeness (QED) is 0.846. The first kappa shape index (κ1) is 11.4. The summed E-state index contributed by atoms with van der Waals surface area (Å²) >= 11 is 7.42. The van der Waals surface area contributed by atoms with E-state index in [2.05, 4.69) is 18.3 Å². The van der Waals surface area contributed by atoms with E-state index in [1.807, 2.05) is 18.2 Å². The van der Waals surface area contributed by atoms with Gasteiger partial charge in [0, 0.05) is 15.6 Å². The Morgan fingerprint density at radius 2 is 2.31 bits per heavy atom. The molecule has 0 atom stereocenters. The number of hydrogen-bond acceptors (Lipinski definition) is 3. The van der Waals surface area contributed by atoms with E-state index < -0.39 is 0 Å². The summed E-state index contributed by atoms with van der Waals surface area (Å²) < 4.78 is 0. The molecule has 1 aliphatic rings. The van der Waals surface area contributed by atoms with E-state index in [9.17, 15) is 0 Å². The lowest BCUT2D eigenvalue weighted by atomic mass is 10.2. The molecule has 82 valence electrons. The van der Waals surface area contributed by atoms with Crippen molar-refractivity contribution in [1.82, 2.24) is 0 Å². The summed E-state index contributed by atoms with van der Waals surface area (Å²) in [6.45, 7) is 2.10. The van der Waals surface area contributed by atoms with Crippen molar-refractivity contribution in [3.63, 3.8) is 0 Å². The highest BCUT2D eigenvalue weighted by molar-refractivity contribution is 8.03. The zero-order valence-corrected chi connectivity index (χ0v) is 10.5. The van der Waals surface area contributed by atoms with Crippen molar-refractivity contribution in [2.75, 3.05) is 5.32 Å². The van der Waals surface area contributed by atoms with Gasteiger partial charge in [0.1, 0.15) is 11.0 Å². The number of allylic oxidation sites excluding steroid dienone is 2. The Hall–Kier alpha value is -1.11. The fraction of sp³-hybridized carbons (Fsp3) is 0.250. The lowest BCUT2D eigenvalue weighted by Crippen LogP contribution is -2.07. The number of thioether (sulfide) groups is 1. The van der Waals surface area contributed by atoms with Crippen LogP contribution in [0, 0.1) is 11.3 Å². The Morgan fingerprint density at radius 3 is 3.00 bits per heavy atom. The molecule has 16 heavy (non-hydrogen) atoms. The Morgan fingerprint density at radius 1 is 1.50 bits per heavy atom. The summed E-state index contributed by atoms with van der Waals surface area (Å²) in [5.41, 5.74) is 2.06. The molecule has 0 radical (unpaired) electrons. The van der Waals surface area contributed by atoms with Gasteiger partial charge >= 0.3 is 0 Å². The maximum atomic E-state index is 9.08. The highest BCUT2D eigenvalue weighted by Gasteiger charge is 2.17. The zero-order chi connectivity index (χ0) is 11.5. The van der Waals surface area contributed by atoms with Gasteiger partial charge in [-0.3, -0.25) is 0 Å². The average molecular weight is 251 g/mol. The van der Waals surface area contributed by atoms with E-state index in [-0.39, 0.29) is 0 Å². The van der Waals surface area contributed by atoms with Gasteiger partial charge < -0.3 is 5.32 Å². The van der Waals surface area contributed by atoms with Gasteiger partial charge in [-0.2, -0.15) is 5.26 Å². The SMILES string of the molecule is CCCC1=C(C#N)Sc2cc(Cl)ccc2N1. The molecule has 0 unspecified atom stereocenters. The fourth-order valence-corrected chi connectivity index (χ4v) is 2.78. The second kappa shape index (κ2) is 4.82. The fourth-order valence-electron chi connectivity index (χ4n) is 1.59. The minimum atomic E-state index is 0.698. The van der Waals surface area contributed by atoms with Gasteiger partial charge in [0.05, 0.1) is 5.69 Å². The number of anilines is 1. The van der Waals surface area contributed by atoms with Crippen molar-refractivity contribution in [2.24, 2.45) is 0 Å². The maximum absolute atomic E-state index is 9.08. The topological polar surface area (TPSA) is 35.8 Å². The molecule has 0 fully saturated rings. The molecule has 1 heterocycles. The van der Waals surface area contributed by atoms with Crippen LogP contribution in [0.3, 0.4) is 0 Å². The molecule has 2 rings (SSSR count). The highest BCUT2D eigenvalue weighted by Crippen LogP contribution is 2.41. The predicted molar refractivity (Wildman–Crippen MR) is 68.5 cm³/mol. The molecule has 0 aliphatic carbocycles. The Balaban J connectivity index is 2.36. The zero-order valence-electron chi connectivity index (χ0n) is 8.88. The largest absolute Gasteiger partial charge is 0.356 e. The number of nitrogens with zero attached hydrogens (tertiary/aromatic N) is 1. The van der Waals surface area contributed by atoms with E-state index in [1.165, 1.54) is 11.8 Å². The van der Waals surface area contributed by atoms with Crippen LogP contribution in [0.4, 0.5) is 5.69 Å². The molecule has 0 saturated carbocycles. The van der Waals surface area contributed by atoms with Gasteiger partial charge in [-0.25, -0.2) is 0 Å². The predicted octanol–water partition coefficient (Wildman–Crippen LogP) is 4.39. The summed E-state index contributed by atoms with van der Waals surface area (Å²) in [5, 5.41) is 13.1. The molecule has 0 spiro atoms. The van der Waals surface area contributed by atoms with Crippen molar-refractivity contribution < 1.29 is 0 Å². The van der Waals surface area contributed by atoms with E-state index >= 15 is 0 Å². The van der Waals surface area contributed by atoms with Gasteiger partial charge in [-0.05, 0) is 24.6 Å². The molecule has 1 aliphatic heterocycles. The smallest absolute Gasteiger partial charge is 0.109 e. The third-order valence-corrected chi connectivity index (χ3v) is 3.65. The van der Waals surface area contributed by atoms with Crippen molar-refractivity contribution in [3.05, 3.63) is 33.8 Å². The lowest BCUT2D eigenvalue weighted by Gasteiger charge is -2.20. The van der Waals surface area contributed by atoms with Crippen LogP contribution in [0.5, 0.6) is 0 Å². The number of benzene rings is 1. The van der Waals surface area contributed by atoms with Crippen LogP contribution >= 0.6 is 23.4 Å². The lowest BCUT2D eigenvalue weighted by molar-refractivity contribution is 0.905. The average Bonchev–Trinajstić information content (AvgIpc) is 2.29.